The highest BCUT2D eigenvalue weighted by Gasteiger charge is 2.26. The van der Waals surface area contributed by atoms with E-state index in [-0.39, 0.29) is 46.8 Å². The highest BCUT2D eigenvalue weighted by molar-refractivity contribution is 5.97. The Kier molecular flexibility index (Phi) is 8.34. The zero-order chi connectivity index (χ0) is 31.5. The molecule has 13 heteroatoms. The summed E-state index contributed by atoms with van der Waals surface area (Å²) in [5.41, 5.74) is 7.53. The lowest BCUT2D eigenvalue weighted by atomic mass is 9.96. The van der Waals surface area contributed by atoms with Gasteiger partial charge in [0, 0.05) is 54.4 Å². The van der Waals surface area contributed by atoms with Crippen molar-refractivity contribution in [2.45, 2.75) is 19.8 Å². The van der Waals surface area contributed by atoms with Gasteiger partial charge in [0.15, 0.2) is 28.8 Å². The predicted molar refractivity (Wildman–Crippen MR) is 161 cm³/mol. The first kappa shape index (κ1) is 29.6. The van der Waals surface area contributed by atoms with Crippen LogP contribution in [0.25, 0.3) is 16.9 Å². The predicted octanol–water partition coefficient (Wildman–Crippen LogP) is 5.26. The number of ether oxygens (including phenoxy) is 2. The molecular formula is C32H29F2N7O4. The molecule has 0 bridgehead atoms. The number of anilines is 2. The number of nitrogens with zero attached hydrogens (tertiary/aromatic N) is 5. The van der Waals surface area contributed by atoms with Gasteiger partial charge in [-0.1, -0.05) is 6.07 Å². The molecule has 1 aliphatic heterocycles. The number of pyridine rings is 1. The average Bonchev–Trinajstić information content (AvgIpc) is 3.50. The minimum Gasteiger partial charge on any atom is -0.436 e. The summed E-state index contributed by atoms with van der Waals surface area (Å²) in [6.45, 7) is 3.78. The molecule has 1 aliphatic rings. The van der Waals surface area contributed by atoms with Crippen molar-refractivity contribution in [2.75, 3.05) is 25.0 Å². The number of nitrogens with one attached hydrogen (secondary N) is 1. The molecule has 1 fully saturated rings. The van der Waals surface area contributed by atoms with Crippen molar-refractivity contribution in [3.8, 4) is 28.6 Å². The van der Waals surface area contributed by atoms with Crippen molar-refractivity contribution in [2.24, 2.45) is 11.7 Å². The number of aromatic nitrogens is 4. The number of piperidine rings is 1. The monoisotopic (exact) mass is 613 g/mol. The third-order valence-corrected chi connectivity index (χ3v) is 7.89. The fourth-order valence-corrected chi connectivity index (χ4v) is 5.43. The van der Waals surface area contributed by atoms with E-state index < -0.39 is 11.6 Å². The molecule has 4 heterocycles. The topological polar surface area (TPSA) is 137 Å². The van der Waals surface area contributed by atoms with E-state index in [0.717, 1.165) is 12.8 Å². The highest BCUT2D eigenvalue weighted by Crippen LogP contribution is 2.36. The lowest BCUT2D eigenvalue weighted by Gasteiger charge is -2.32. The SMILES string of the molecule is Cc1c(C(=O)N2CCC(CN)CC2)ccc(Nc2nccn3c(-c4ccc(Oc5ccccn5)c(F)c4F)cnc23)c1OC=O. The molecule has 6 rings (SSSR count). The number of likely N-dealkylation sites (tertiary alicyclic amines) is 1. The minimum absolute atomic E-state index is 0.0512. The van der Waals surface area contributed by atoms with Crippen LogP contribution in [0, 0.1) is 24.5 Å². The van der Waals surface area contributed by atoms with Gasteiger partial charge in [-0.3, -0.25) is 14.0 Å². The number of hydrogen-bond acceptors (Lipinski definition) is 9. The van der Waals surface area contributed by atoms with Crippen LogP contribution >= 0.6 is 0 Å². The van der Waals surface area contributed by atoms with Crippen LogP contribution in [0.15, 0.2) is 67.3 Å². The van der Waals surface area contributed by atoms with Crippen molar-refractivity contribution in [1.29, 1.82) is 0 Å². The number of fused-ring (bicyclic) bond motifs is 1. The number of rotatable bonds is 9. The van der Waals surface area contributed by atoms with E-state index in [2.05, 4.69) is 20.3 Å². The van der Waals surface area contributed by atoms with Crippen LogP contribution in [0.2, 0.25) is 0 Å². The van der Waals surface area contributed by atoms with E-state index in [4.69, 9.17) is 15.2 Å². The van der Waals surface area contributed by atoms with Crippen LogP contribution in [-0.2, 0) is 4.79 Å². The number of amides is 1. The highest BCUT2D eigenvalue weighted by atomic mass is 19.2. The molecule has 0 spiro atoms. The van der Waals surface area contributed by atoms with Crippen LogP contribution in [0.4, 0.5) is 20.3 Å². The van der Waals surface area contributed by atoms with Crippen molar-refractivity contribution < 1.29 is 27.8 Å². The maximum absolute atomic E-state index is 15.3. The van der Waals surface area contributed by atoms with E-state index in [0.29, 0.717) is 48.0 Å². The molecular weight excluding hydrogens is 584 g/mol. The number of hydrogen-bond donors (Lipinski definition) is 2. The maximum Gasteiger partial charge on any atom is 0.298 e. The first-order valence-corrected chi connectivity index (χ1v) is 14.3. The Morgan fingerprint density at radius 1 is 1.07 bits per heavy atom. The van der Waals surface area contributed by atoms with Gasteiger partial charge in [-0.25, -0.2) is 19.3 Å². The lowest BCUT2D eigenvalue weighted by molar-refractivity contribution is -0.120. The zero-order valence-corrected chi connectivity index (χ0v) is 24.2. The van der Waals surface area contributed by atoms with Gasteiger partial charge in [0.1, 0.15) is 0 Å². The Bertz CT molecular complexity index is 1880. The van der Waals surface area contributed by atoms with E-state index in [1.54, 1.807) is 46.7 Å². The third kappa shape index (κ3) is 5.77. The van der Waals surface area contributed by atoms with E-state index in [9.17, 15) is 9.59 Å². The van der Waals surface area contributed by atoms with E-state index in [1.165, 1.54) is 36.8 Å². The van der Waals surface area contributed by atoms with Crippen LogP contribution in [0.5, 0.6) is 17.4 Å². The molecule has 45 heavy (non-hydrogen) atoms. The Morgan fingerprint density at radius 3 is 2.62 bits per heavy atom. The molecule has 3 aromatic heterocycles. The Labute approximate surface area is 256 Å². The van der Waals surface area contributed by atoms with Gasteiger partial charge in [0.25, 0.3) is 12.4 Å². The second-order valence-corrected chi connectivity index (χ2v) is 10.5. The van der Waals surface area contributed by atoms with E-state index >= 15 is 8.78 Å². The molecule has 230 valence electrons. The molecule has 1 saturated heterocycles. The van der Waals surface area contributed by atoms with Crippen LogP contribution < -0.4 is 20.5 Å². The minimum atomic E-state index is -1.18. The standard InChI is InChI=1S/C32H29F2N7O4/c1-19-21(32(43)40-13-9-20(16-35)10-14-40)5-7-23(29(19)44-18-42)39-30-31-38-17-24(41(31)15-12-37-30)22-6-8-25(28(34)27(22)33)45-26-4-2-3-11-36-26/h2-8,11-12,15,17-18,20H,9-10,13-14,16,35H2,1H3,(H,37,39). The number of carbonyl (C=O) groups is 2. The Balaban J connectivity index is 1.29. The molecule has 0 unspecified atom stereocenters. The fraction of sp³-hybridized carbons (Fsp3) is 0.219. The number of imidazole rings is 1. The van der Waals surface area contributed by atoms with Gasteiger partial charge in [0.05, 0.1) is 17.6 Å². The Hall–Kier alpha value is -5.43. The molecule has 2 aromatic carbocycles. The van der Waals surface area contributed by atoms with Gasteiger partial charge >= 0.3 is 0 Å². The van der Waals surface area contributed by atoms with Crippen molar-refractivity contribution >= 4 is 29.5 Å². The van der Waals surface area contributed by atoms with Crippen molar-refractivity contribution in [1.82, 2.24) is 24.3 Å². The van der Waals surface area contributed by atoms with Crippen LogP contribution in [0.1, 0.15) is 28.8 Å². The molecule has 11 nitrogen and oxygen atoms in total. The van der Waals surface area contributed by atoms with Crippen LogP contribution in [-0.4, -0.2) is 56.3 Å². The molecule has 0 aliphatic carbocycles. The number of benzene rings is 2. The first-order valence-electron chi connectivity index (χ1n) is 14.3. The second kappa shape index (κ2) is 12.7. The molecule has 5 aromatic rings. The molecule has 0 radical (unpaired) electrons. The summed E-state index contributed by atoms with van der Waals surface area (Å²) in [6.07, 6.45) is 7.56. The van der Waals surface area contributed by atoms with E-state index in [1.807, 2.05) is 0 Å². The summed E-state index contributed by atoms with van der Waals surface area (Å²) in [7, 11) is 0. The molecule has 3 N–H and O–H groups in total. The van der Waals surface area contributed by atoms with Gasteiger partial charge in [-0.2, -0.15) is 4.39 Å². The lowest BCUT2D eigenvalue weighted by Crippen LogP contribution is -2.40. The second-order valence-electron chi connectivity index (χ2n) is 10.5. The maximum atomic E-state index is 15.3. The number of halogens is 2. The quantitative estimate of drug-likeness (QED) is 0.213. The fourth-order valence-electron chi connectivity index (χ4n) is 5.43. The summed E-state index contributed by atoms with van der Waals surface area (Å²) < 4.78 is 42.7. The largest absolute Gasteiger partial charge is 0.436 e. The first-order chi connectivity index (χ1) is 21.9. The summed E-state index contributed by atoms with van der Waals surface area (Å²) in [6, 6.07) is 10.9. The number of carbonyl (C=O) groups excluding carboxylic acids is 2. The average molecular weight is 614 g/mol. The zero-order valence-electron chi connectivity index (χ0n) is 24.2. The van der Waals surface area contributed by atoms with Crippen molar-refractivity contribution in [3.63, 3.8) is 0 Å². The molecule has 1 amide bonds. The summed E-state index contributed by atoms with van der Waals surface area (Å²) in [5, 5.41) is 3.12. The van der Waals surface area contributed by atoms with Gasteiger partial charge < -0.3 is 25.4 Å². The van der Waals surface area contributed by atoms with Gasteiger partial charge in [-0.05, 0) is 62.6 Å². The summed E-state index contributed by atoms with van der Waals surface area (Å²) >= 11 is 0. The summed E-state index contributed by atoms with van der Waals surface area (Å²) in [4.78, 5) is 39.3. The molecule has 0 atom stereocenters. The third-order valence-electron chi connectivity index (χ3n) is 7.89. The normalized spacial score (nSPS) is 13.6. The van der Waals surface area contributed by atoms with Crippen LogP contribution in [0.3, 0.4) is 0 Å². The van der Waals surface area contributed by atoms with Gasteiger partial charge in [0.2, 0.25) is 11.7 Å². The summed E-state index contributed by atoms with van der Waals surface area (Å²) in [5.74, 6) is -1.85. The van der Waals surface area contributed by atoms with Gasteiger partial charge in [-0.15, -0.1) is 0 Å². The Morgan fingerprint density at radius 2 is 1.89 bits per heavy atom. The van der Waals surface area contributed by atoms with Crippen molar-refractivity contribution in [3.05, 3.63) is 90.0 Å². The molecule has 0 saturated carbocycles. The smallest absolute Gasteiger partial charge is 0.298 e. The number of nitrogens with two attached hydrogens (primary N) is 1.